The third kappa shape index (κ3) is 5.34. The van der Waals surface area contributed by atoms with Gasteiger partial charge in [0.2, 0.25) is 0 Å². The fourth-order valence-corrected chi connectivity index (χ4v) is 22.8. The standard InChI is InChI=1S/C25H25.C13H19.C7H7.CH2.2ClH.Zr/c1-14-12-24(3,4)22-8-16-7-17-9-23-19(15(2)13-25(23,5)6)11-21(17)20(16)10-18(14)22;1-11-6-7-12(10-11)13(2)8-4-3-5-9-13;1-7-5-3-2-4-6-7;;;;/h8-12H,7H2,1-6H3;7,10-11H,3-5,8-9H2,1-2H3;3-6H,1H3;1H2;2*1H;. The molecule has 257 valence electrons. The van der Waals surface area contributed by atoms with Crippen molar-refractivity contribution in [2.75, 3.05) is 0 Å². The molecule has 0 aromatic heterocycles. The Balaban J connectivity index is 0.00000208. The molecule has 3 aromatic carbocycles. The van der Waals surface area contributed by atoms with Gasteiger partial charge >= 0.3 is 290 Å². The summed E-state index contributed by atoms with van der Waals surface area (Å²) in [7, 11) is 0. The van der Waals surface area contributed by atoms with E-state index in [1.54, 1.807) is 12.1 Å². The van der Waals surface area contributed by atoms with Gasteiger partial charge in [0.05, 0.1) is 0 Å². The summed E-state index contributed by atoms with van der Waals surface area (Å²) >= 11 is -3.68. The molecule has 0 nitrogen and oxygen atoms in total. The molecule has 8 rings (SSSR count). The van der Waals surface area contributed by atoms with E-state index in [2.05, 4.69) is 129 Å². The number of rotatable bonds is 4. The van der Waals surface area contributed by atoms with Gasteiger partial charge in [0.15, 0.2) is 0 Å². The summed E-state index contributed by atoms with van der Waals surface area (Å²) in [5.74, 6) is 0.442. The maximum absolute atomic E-state index is 5.54. The second kappa shape index (κ2) is 12.3. The van der Waals surface area contributed by atoms with Crippen LogP contribution in [0.3, 0.4) is 0 Å². The van der Waals surface area contributed by atoms with E-state index in [1.807, 2.05) is 0 Å². The summed E-state index contributed by atoms with van der Waals surface area (Å²) in [6.45, 7) is 21.8. The van der Waals surface area contributed by atoms with Crippen molar-refractivity contribution in [3.8, 4) is 11.1 Å². The Labute approximate surface area is 313 Å². The Hall–Kier alpha value is -2.05. The fourth-order valence-electron chi connectivity index (χ4n) is 10.8. The summed E-state index contributed by atoms with van der Waals surface area (Å²) in [5.41, 5.74) is 18.1. The maximum atomic E-state index is 5.54. The first-order valence-corrected chi connectivity index (χ1v) is 23.7. The van der Waals surface area contributed by atoms with E-state index in [1.165, 1.54) is 96.6 Å². The zero-order valence-corrected chi connectivity index (χ0v) is 35.3. The van der Waals surface area contributed by atoms with Crippen LogP contribution >= 0.6 is 24.8 Å². The molecule has 3 aromatic rings. The number of halogens is 2. The van der Waals surface area contributed by atoms with Gasteiger partial charge in [-0.05, 0) is 0 Å². The molecule has 2 atom stereocenters. The van der Waals surface area contributed by atoms with E-state index < -0.39 is 19.8 Å². The van der Waals surface area contributed by atoms with Crippen LogP contribution in [0.15, 0.2) is 78.9 Å². The molecule has 0 bridgehead atoms. The molecule has 1 fully saturated rings. The van der Waals surface area contributed by atoms with Gasteiger partial charge in [-0.3, -0.25) is 0 Å². The molecule has 0 N–H and O–H groups in total. The van der Waals surface area contributed by atoms with Crippen molar-refractivity contribution in [3.63, 3.8) is 0 Å². The topological polar surface area (TPSA) is 0 Å². The van der Waals surface area contributed by atoms with E-state index in [0.29, 0.717) is 11.3 Å². The van der Waals surface area contributed by atoms with Crippen LogP contribution in [0, 0.1) is 18.3 Å². The Morgan fingerprint density at radius 2 is 1.33 bits per heavy atom. The molecular formula is C46H55Cl2Zr. The van der Waals surface area contributed by atoms with Crippen LogP contribution in [0.1, 0.15) is 126 Å². The van der Waals surface area contributed by atoms with Gasteiger partial charge in [-0.15, -0.1) is 24.8 Å². The molecule has 2 unspecified atom stereocenters. The Bertz CT molecular complexity index is 2050. The van der Waals surface area contributed by atoms with Crippen molar-refractivity contribution in [3.05, 3.63) is 118 Å². The van der Waals surface area contributed by atoms with Gasteiger partial charge in [-0.25, -0.2) is 0 Å². The van der Waals surface area contributed by atoms with Gasteiger partial charge in [-0.2, -0.15) is 0 Å². The van der Waals surface area contributed by atoms with Crippen molar-refractivity contribution in [2.24, 2.45) is 11.3 Å². The zero-order chi connectivity index (χ0) is 33.3. The molecule has 5 aliphatic carbocycles. The first-order valence-electron chi connectivity index (χ1n) is 18.3. The van der Waals surface area contributed by atoms with Crippen LogP contribution in [0.2, 0.25) is 0 Å². The van der Waals surface area contributed by atoms with Crippen LogP contribution in [-0.2, 0) is 37.0 Å². The minimum absolute atomic E-state index is 0. The molecule has 0 radical (unpaired) electrons. The van der Waals surface area contributed by atoms with E-state index in [0.717, 1.165) is 6.42 Å². The Kier molecular flexibility index (Phi) is 9.21. The minimum atomic E-state index is -3.68. The third-order valence-electron chi connectivity index (χ3n) is 13.3. The quantitative estimate of drug-likeness (QED) is 0.194. The van der Waals surface area contributed by atoms with Crippen LogP contribution in [0.5, 0.6) is 0 Å². The van der Waals surface area contributed by atoms with Crippen molar-refractivity contribution in [2.45, 2.75) is 112 Å². The number of hydrogen-bond acceptors (Lipinski definition) is 0. The molecule has 0 amide bonds. The van der Waals surface area contributed by atoms with Gasteiger partial charge < -0.3 is 0 Å². The molecule has 3 heteroatoms. The number of hydrogen-bond donors (Lipinski definition) is 0. The summed E-state index contributed by atoms with van der Waals surface area (Å²) in [6, 6.07) is 19.9. The van der Waals surface area contributed by atoms with Gasteiger partial charge in [0, 0.05) is 0 Å². The predicted molar refractivity (Wildman–Crippen MR) is 216 cm³/mol. The number of aryl methyl sites for hydroxylation is 1. The van der Waals surface area contributed by atoms with Crippen LogP contribution in [-0.4, -0.2) is 4.21 Å². The molecule has 5 aliphatic rings. The Morgan fingerprint density at radius 3 is 1.96 bits per heavy atom. The number of allylic oxidation sites excluding steroid dienone is 8. The number of fused-ring (bicyclic) bond motifs is 5. The SMILES string of the molecule is Cl.Cl.[CH2]=[Zr]([C]1=CC(C2(C)CCCCC2)=CC1C)([C]1=C(C)c2cc3c(cc2C1(C)C)Cc1cc2c(cc1-3)C(C)=CC2(C)C)[c]1ccc(C)cc1. The average Bonchev–Trinajstić information content (AvgIpc) is 3.71. The van der Waals surface area contributed by atoms with Crippen LogP contribution in [0.4, 0.5) is 0 Å². The first kappa shape index (κ1) is 36.7. The number of benzene rings is 3. The zero-order valence-electron chi connectivity index (χ0n) is 31.2. The van der Waals surface area contributed by atoms with E-state index in [4.69, 9.17) is 4.21 Å². The van der Waals surface area contributed by atoms with Crippen molar-refractivity contribution in [1.29, 1.82) is 0 Å². The van der Waals surface area contributed by atoms with Crippen LogP contribution < -0.4 is 3.27 Å². The van der Waals surface area contributed by atoms with Crippen molar-refractivity contribution >= 4 is 43.4 Å². The predicted octanol–water partition coefficient (Wildman–Crippen LogP) is 12.5. The summed E-state index contributed by atoms with van der Waals surface area (Å²) in [6.07, 6.45) is 15.6. The third-order valence-corrected chi connectivity index (χ3v) is 25.0. The van der Waals surface area contributed by atoms with Gasteiger partial charge in [0.1, 0.15) is 0 Å². The molecule has 49 heavy (non-hydrogen) atoms. The van der Waals surface area contributed by atoms with Crippen molar-refractivity contribution < 1.29 is 19.8 Å². The summed E-state index contributed by atoms with van der Waals surface area (Å²) in [5, 5.41) is 0. The van der Waals surface area contributed by atoms with E-state index in [9.17, 15) is 0 Å². The molecule has 0 saturated heterocycles. The van der Waals surface area contributed by atoms with Gasteiger partial charge in [0.25, 0.3) is 0 Å². The molecule has 0 spiro atoms. The van der Waals surface area contributed by atoms with E-state index >= 15 is 0 Å². The second-order valence-corrected chi connectivity index (χ2v) is 25.9. The molecule has 0 heterocycles. The molecule has 0 aliphatic heterocycles. The first-order chi connectivity index (χ1) is 22.1. The van der Waals surface area contributed by atoms with E-state index in [-0.39, 0.29) is 35.6 Å². The Morgan fingerprint density at radius 1 is 0.735 bits per heavy atom. The van der Waals surface area contributed by atoms with Gasteiger partial charge in [-0.1, -0.05) is 0 Å². The monoisotopic (exact) mass is 767 g/mol. The average molecular weight is 770 g/mol. The molecular weight excluding hydrogens is 715 g/mol. The van der Waals surface area contributed by atoms with Crippen molar-refractivity contribution in [1.82, 2.24) is 0 Å². The fraction of sp³-hybridized carbons (Fsp3) is 0.413. The normalized spacial score (nSPS) is 23.2. The summed E-state index contributed by atoms with van der Waals surface area (Å²) in [4.78, 5) is 0. The van der Waals surface area contributed by atoms with Crippen LogP contribution in [0.25, 0.3) is 22.3 Å². The summed E-state index contributed by atoms with van der Waals surface area (Å²) < 4.78 is 10.4. The molecule has 1 saturated carbocycles. The second-order valence-electron chi connectivity index (χ2n) is 17.4.